The number of hydrogen-bond donors (Lipinski definition) is 1. The van der Waals surface area contributed by atoms with Crippen molar-refractivity contribution in [3.05, 3.63) is 0 Å². The average Bonchev–Trinajstić information content (AvgIpc) is 2.06. The van der Waals surface area contributed by atoms with Gasteiger partial charge in [0.25, 0.3) is 0 Å². The van der Waals surface area contributed by atoms with Crippen LogP contribution in [0.1, 0.15) is 6.92 Å². The Balaban J connectivity index is 2.20. The van der Waals surface area contributed by atoms with Crippen molar-refractivity contribution in [2.24, 2.45) is 5.41 Å². The summed E-state index contributed by atoms with van der Waals surface area (Å²) in [7, 11) is -3.22. The lowest BCUT2D eigenvalue weighted by Crippen LogP contribution is -2.51. The Morgan fingerprint density at radius 1 is 1.33 bits per heavy atom. The summed E-state index contributed by atoms with van der Waals surface area (Å²) in [5, 5.41) is 9.41. The molecule has 3 aliphatic rings. The summed E-state index contributed by atoms with van der Waals surface area (Å²) in [5.41, 5.74) is -0.522. The molecule has 1 N–H and O–H groups in total. The fourth-order valence-corrected chi connectivity index (χ4v) is 2.69. The molecule has 0 aliphatic carbocycles. The molecular formula is C6H11O5P. The van der Waals surface area contributed by atoms with E-state index in [1.165, 1.54) is 0 Å². The van der Waals surface area contributed by atoms with Crippen molar-refractivity contribution < 1.29 is 23.2 Å². The lowest BCUT2D eigenvalue weighted by Gasteiger charge is -2.45. The molecule has 3 rings (SSSR count). The van der Waals surface area contributed by atoms with Crippen LogP contribution in [0.15, 0.2) is 0 Å². The summed E-state index contributed by atoms with van der Waals surface area (Å²) in [4.78, 5) is 0. The van der Waals surface area contributed by atoms with Crippen LogP contribution in [-0.4, -0.2) is 31.0 Å². The van der Waals surface area contributed by atoms with Gasteiger partial charge in [-0.1, -0.05) is 0 Å². The predicted molar refractivity (Wildman–Crippen MR) is 39.6 cm³/mol. The first-order valence-electron chi connectivity index (χ1n) is 3.78. The van der Waals surface area contributed by atoms with Crippen molar-refractivity contribution >= 4 is 7.82 Å². The molecule has 0 amide bonds. The number of aliphatic hydroxyl groups is 1. The van der Waals surface area contributed by atoms with Crippen LogP contribution in [0.25, 0.3) is 0 Å². The molecule has 3 aliphatic heterocycles. The van der Waals surface area contributed by atoms with Crippen LogP contribution in [-0.2, 0) is 18.1 Å². The Morgan fingerprint density at radius 2 is 1.75 bits per heavy atom. The summed E-state index contributed by atoms with van der Waals surface area (Å²) in [6.07, 6.45) is -0.577. The Kier molecular flexibility index (Phi) is 1.82. The van der Waals surface area contributed by atoms with Crippen molar-refractivity contribution in [1.29, 1.82) is 0 Å². The molecule has 0 aromatic heterocycles. The lowest BCUT2D eigenvalue weighted by atomic mass is 9.85. The van der Waals surface area contributed by atoms with Gasteiger partial charge in [0, 0.05) is 0 Å². The summed E-state index contributed by atoms with van der Waals surface area (Å²) in [6, 6.07) is 0. The minimum atomic E-state index is -3.22. The lowest BCUT2D eigenvalue weighted by molar-refractivity contribution is -0.141. The van der Waals surface area contributed by atoms with Gasteiger partial charge in [-0.3, -0.25) is 13.6 Å². The first-order chi connectivity index (χ1) is 5.56. The molecule has 0 saturated carbocycles. The van der Waals surface area contributed by atoms with Gasteiger partial charge in [0.2, 0.25) is 0 Å². The predicted octanol–water partition coefficient (Wildman–Crippen LogP) is 0.539. The van der Waals surface area contributed by atoms with Gasteiger partial charge in [-0.15, -0.1) is 0 Å². The smallest absolute Gasteiger partial charge is 0.393 e. The van der Waals surface area contributed by atoms with Gasteiger partial charge in [0.05, 0.1) is 31.3 Å². The first kappa shape index (κ1) is 8.66. The fourth-order valence-electron chi connectivity index (χ4n) is 1.22. The van der Waals surface area contributed by atoms with Gasteiger partial charge in [-0.05, 0) is 6.92 Å². The molecule has 0 radical (unpaired) electrons. The second-order valence-corrected chi connectivity index (χ2v) is 4.97. The van der Waals surface area contributed by atoms with Gasteiger partial charge in [-0.25, -0.2) is 4.57 Å². The maximum absolute atomic E-state index is 11.3. The van der Waals surface area contributed by atoms with Crippen molar-refractivity contribution in [3.63, 3.8) is 0 Å². The van der Waals surface area contributed by atoms with E-state index < -0.39 is 19.3 Å². The molecule has 70 valence electrons. The standard InChI is InChI=1S/C6H11O5P/c1-5(7)6-2-9-12(8,10-3-6)11-4-6/h5,7H,2-4H2,1H3. The molecule has 0 aromatic carbocycles. The van der Waals surface area contributed by atoms with Crippen molar-refractivity contribution in [2.75, 3.05) is 19.8 Å². The van der Waals surface area contributed by atoms with Crippen molar-refractivity contribution in [2.45, 2.75) is 13.0 Å². The third-order valence-electron chi connectivity index (χ3n) is 2.42. The molecule has 6 heteroatoms. The minimum absolute atomic E-state index is 0.252. The molecule has 3 fully saturated rings. The van der Waals surface area contributed by atoms with E-state index in [1.54, 1.807) is 6.92 Å². The monoisotopic (exact) mass is 194 g/mol. The number of rotatable bonds is 1. The van der Waals surface area contributed by atoms with E-state index in [4.69, 9.17) is 13.6 Å². The summed E-state index contributed by atoms with van der Waals surface area (Å²) >= 11 is 0. The number of fused-ring (bicyclic) bond motifs is 3. The molecule has 5 nitrogen and oxygen atoms in total. The quantitative estimate of drug-likeness (QED) is 0.617. The van der Waals surface area contributed by atoms with Gasteiger partial charge < -0.3 is 5.11 Å². The Morgan fingerprint density at radius 3 is 2.08 bits per heavy atom. The summed E-state index contributed by atoms with van der Waals surface area (Å²) in [6.45, 7) is 2.41. The second-order valence-electron chi connectivity index (χ2n) is 3.31. The van der Waals surface area contributed by atoms with Crippen LogP contribution < -0.4 is 0 Å². The average molecular weight is 194 g/mol. The van der Waals surface area contributed by atoms with Crippen LogP contribution in [0.2, 0.25) is 0 Å². The van der Waals surface area contributed by atoms with E-state index in [0.29, 0.717) is 0 Å². The fraction of sp³-hybridized carbons (Fsp3) is 1.00. The molecule has 3 heterocycles. The maximum atomic E-state index is 11.3. The molecule has 0 aromatic rings. The number of phosphoric acid groups is 1. The third kappa shape index (κ3) is 1.13. The highest BCUT2D eigenvalue weighted by Gasteiger charge is 2.52. The van der Waals surface area contributed by atoms with E-state index in [-0.39, 0.29) is 19.8 Å². The first-order valence-corrected chi connectivity index (χ1v) is 5.24. The van der Waals surface area contributed by atoms with E-state index in [2.05, 4.69) is 0 Å². The maximum Gasteiger partial charge on any atom is 0.474 e. The zero-order valence-corrected chi connectivity index (χ0v) is 7.62. The van der Waals surface area contributed by atoms with Gasteiger partial charge >= 0.3 is 7.82 Å². The third-order valence-corrected chi connectivity index (χ3v) is 3.75. The van der Waals surface area contributed by atoms with Gasteiger partial charge in [-0.2, -0.15) is 0 Å². The molecule has 2 bridgehead atoms. The van der Waals surface area contributed by atoms with Crippen molar-refractivity contribution in [1.82, 2.24) is 0 Å². The zero-order valence-electron chi connectivity index (χ0n) is 6.73. The highest BCUT2D eigenvalue weighted by Crippen LogP contribution is 2.60. The van der Waals surface area contributed by atoms with Crippen molar-refractivity contribution in [3.8, 4) is 0 Å². The van der Waals surface area contributed by atoms with Crippen LogP contribution in [0.3, 0.4) is 0 Å². The number of aliphatic hydroxyl groups excluding tert-OH is 1. The van der Waals surface area contributed by atoms with E-state index in [0.717, 1.165) is 0 Å². The molecule has 3 saturated heterocycles. The Hall–Kier alpha value is 0.0700. The molecular weight excluding hydrogens is 183 g/mol. The van der Waals surface area contributed by atoms with Crippen LogP contribution in [0, 0.1) is 5.41 Å². The second kappa shape index (κ2) is 2.53. The number of hydrogen-bond acceptors (Lipinski definition) is 5. The van der Waals surface area contributed by atoms with E-state index >= 15 is 0 Å². The van der Waals surface area contributed by atoms with E-state index in [9.17, 15) is 9.67 Å². The molecule has 0 spiro atoms. The topological polar surface area (TPSA) is 65.0 Å². The highest BCUT2D eigenvalue weighted by molar-refractivity contribution is 7.48. The minimum Gasteiger partial charge on any atom is -0.393 e. The largest absolute Gasteiger partial charge is 0.474 e. The Bertz CT molecular complexity index is 207. The SMILES string of the molecule is CC(O)C12COP(=O)(OC1)OC2. The van der Waals surface area contributed by atoms with Gasteiger partial charge in [0.15, 0.2) is 0 Å². The molecule has 1 unspecified atom stereocenters. The zero-order chi connectivity index (χ0) is 8.82. The normalized spacial score (nSPS) is 49.2. The van der Waals surface area contributed by atoms with Crippen LogP contribution in [0.4, 0.5) is 0 Å². The number of phosphoric ester groups is 1. The van der Waals surface area contributed by atoms with Crippen LogP contribution in [0.5, 0.6) is 0 Å². The molecule has 1 atom stereocenters. The van der Waals surface area contributed by atoms with Gasteiger partial charge in [0.1, 0.15) is 0 Å². The highest BCUT2D eigenvalue weighted by atomic mass is 31.2. The Labute approximate surface area is 70.2 Å². The van der Waals surface area contributed by atoms with Crippen LogP contribution >= 0.6 is 7.82 Å². The molecule has 12 heavy (non-hydrogen) atoms. The summed E-state index contributed by atoms with van der Waals surface area (Å²) in [5.74, 6) is 0. The van der Waals surface area contributed by atoms with E-state index in [1.807, 2.05) is 0 Å². The summed E-state index contributed by atoms with van der Waals surface area (Å²) < 4.78 is 25.9.